The van der Waals surface area contributed by atoms with Crippen molar-refractivity contribution in [2.24, 2.45) is 0 Å². The second-order valence-corrected chi connectivity index (χ2v) is 5.33. The number of hydrogen-bond donors (Lipinski definition) is 2. The maximum Gasteiger partial charge on any atom is 0.258 e. The number of rotatable bonds is 5. The third kappa shape index (κ3) is 2.73. The molecule has 1 atom stereocenters. The summed E-state index contributed by atoms with van der Waals surface area (Å²) in [5, 5.41) is 6.25. The Hall–Kier alpha value is -1.55. The molecule has 0 spiro atoms. The van der Waals surface area contributed by atoms with Crippen LogP contribution in [-0.2, 0) is 11.2 Å². The van der Waals surface area contributed by atoms with E-state index in [2.05, 4.69) is 16.7 Å². The second-order valence-electron chi connectivity index (χ2n) is 5.33. The summed E-state index contributed by atoms with van der Waals surface area (Å²) < 4.78 is 5.69. The molecular weight excluding hydrogens is 240 g/mol. The van der Waals surface area contributed by atoms with Gasteiger partial charge in [-0.05, 0) is 49.9 Å². The number of carbonyl (C=O) groups excluding carboxylic acids is 1. The fourth-order valence-electron chi connectivity index (χ4n) is 2.70. The zero-order chi connectivity index (χ0) is 13.2. The van der Waals surface area contributed by atoms with Gasteiger partial charge in [-0.15, -0.1) is 0 Å². The van der Waals surface area contributed by atoms with Crippen LogP contribution in [0, 0.1) is 0 Å². The van der Waals surface area contributed by atoms with E-state index in [0.717, 1.165) is 31.4 Å². The van der Waals surface area contributed by atoms with Gasteiger partial charge in [-0.2, -0.15) is 0 Å². The van der Waals surface area contributed by atoms with Gasteiger partial charge in [0.05, 0.1) is 0 Å². The maximum atomic E-state index is 11.6. The predicted molar refractivity (Wildman–Crippen MR) is 73.2 cm³/mol. The average molecular weight is 260 g/mol. The van der Waals surface area contributed by atoms with E-state index in [1.165, 1.54) is 11.1 Å². The highest BCUT2D eigenvalue weighted by Crippen LogP contribution is 2.36. The highest BCUT2D eigenvalue weighted by atomic mass is 16.5. The lowest BCUT2D eigenvalue weighted by atomic mass is 10.1. The van der Waals surface area contributed by atoms with Gasteiger partial charge in [0, 0.05) is 12.1 Å². The molecular formula is C15H20N2O2. The SMILES string of the molecule is CNC1CCc2c(OCC(=O)NC3CC3)cccc21. The molecule has 0 aliphatic heterocycles. The summed E-state index contributed by atoms with van der Waals surface area (Å²) in [6.45, 7) is 0.122. The van der Waals surface area contributed by atoms with E-state index >= 15 is 0 Å². The number of fused-ring (bicyclic) bond motifs is 1. The first kappa shape index (κ1) is 12.5. The molecule has 19 heavy (non-hydrogen) atoms. The monoisotopic (exact) mass is 260 g/mol. The van der Waals surface area contributed by atoms with E-state index in [9.17, 15) is 4.79 Å². The number of amides is 1. The molecule has 0 aromatic heterocycles. The van der Waals surface area contributed by atoms with Crippen LogP contribution in [0.1, 0.15) is 36.4 Å². The summed E-state index contributed by atoms with van der Waals surface area (Å²) >= 11 is 0. The number of ether oxygens (including phenoxy) is 1. The van der Waals surface area contributed by atoms with E-state index in [1.54, 1.807) is 0 Å². The first-order valence-electron chi connectivity index (χ1n) is 6.99. The molecule has 1 aromatic rings. The van der Waals surface area contributed by atoms with Gasteiger partial charge in [-0.25, -0.2) is 0 Å². The fraction of sp³-hybridized carbons (Fsp3) is 0.533. The smallest absolute Gasteiger partial charge is 0.258 e. The van der Waals surface area contributed by atoms with Gasteiger partial charge in [0.25, 0.3) is 5.91 Å². The van der Waals surface area contributed by atoms with Crippen molar-refractivity contribution >= 4 is 5.91 Å². The van der Waals surface area contributed by atoms with Crippen LogP contribution in [-0.4, -0.2) is 25.6 Å². The third-order valence-electron chi connectivity index (χ3n) is 3.88. The molecule has 1 saturated carbocycles. The number of benzene rings is 1. The molecule has 2 aliphatic rings. The lowest BCUT2D eigenvalue weighted by molar-refractivity contribution is -0.123. The van der Waals surface area contributed by atoms with Gasteiger partial charge >= 0.3 is 0 Å². The summed E-state index contributed by atoms with van der Waals surface area (Å²) in [5.41, 5.74) is 2.56. The molecule has 1 aromatic carbocycles. The van der Waals surface area contributed by atoms with Gasteiger partial charge in [0.15, 0.2) is 6.61 Å². The Morgan fingerprint density at radius 1 is 1.37 bits per heavy atom. The predicted octanol–water partition coefficient (Wildman–Crippen LogP) is 1.55. The number of hydrogen-bond acceptors (Lipinski definition) is 3. The normalized spacial score (nSPS) is 21.0. The molecule has 1 amide bonds. The Morgan fingerprint density at radius 3 is 2.95 bits per heavy atom. The van der Waals surface area contributed by atoms with Gasteiger partial charge in [0.1, 0.15) is 5.75 Å². The molecule has 3 rings (SSSR count). The lowest BCUT2D eigenvalue weighted by Crippen LogP contribution is -2.30. The molecule has 0 bridgehead atoms. The molecule has 0 radical (unpaired) electrons. The van der Waals surface area contributed by atoms with Crippen LogP contribution in [0.2, 0.25) is 0 Å². The van der Waals surface area contributed by atoms with E-state index in [0.29, 0.717) is 12.1 Å². The van der Waals surface area contributed by atoms with Crippen LogP contribution in [0.15, 0.2) is 18.2 Å². The van der Waals surface area contributed by atoms with Crippen LogP contribution in [0.25, 0.3) is 0 Å². The quantitative estimate of drug-likeness (QED) is 0.844. The summed E-state index contributed by atoms with van der Waals surface area (Å²) in [6.07, 6.45) is 4.33. The van der Waals surface area contributed by atoms with Crippen molar-refractivity contribution in [1.29, 1.82) is 0 Å². The van der Waals surface area contributed by atoms with E-state index < -0.39 is 0 Å². The molecule has 1 unspecified atom stereocenters. The van der Waals surface area contributed by atoms with Crippen molar-refractivity contribution in [3.63, 3.8) is 0 Å². The van der Waals surface area contributed by atoms with Crippen LogP contribution >= 0.6 is 0 Å². The minimum atomic E-state index is -0.0109. The molecule has 4 nitrogen and oxygen atoms in total. The van der Waals surface area contributed by atoms with E-state index in [-0.39, 0.29) is 12.5 Å². The van der Waals surface area contributed by atoms with Crippen LogP contribution in [0.4, 0.5) is 0 Å². The van der Waals surface area contributed by atoms with E-state index in [1.807, 2.05) is 19.2 Å². The second kappa shape index (κ2) is 5.21. The largest absolute Gasteiger partial charge is 0.483 e. The highest BCUT2D eigenvalue weighted by molar-refractivity contribution is 5.78. The van der Waals surface area contributed by atoms with Crippen molar-refractivity contribution < 1.29 is 9.53 Å². The number of nitrogens with one attached hydrogen (secondary N) is 2. The average Bonchev–Trinajstić information content (AvgIpc) is 3.12. The minimum absolute atomic E-state index is 0.0109. The van der Waals surface area contributed by atoms with Crippen LogP contribution < -0.4 is 15.4 Å². The van der Waals surface area contributed by atoms with Crippen molar-refractivity contribution in [1.82, 2.24) is 10.6 Å². The summed E-state index contributed by atoms with van der Waals surface area (Å²) in [6, 6.07) is 6.91. The summed E-state index contributed by atoms with van der Waals surface area (Å²) in [5.74, 6) is 0.851. The maximum absolute atomic E-state index is 11.6. The van der Waals surface area contributed by atoms with Crippen molar-refractivity contribution in [3.05, 3.63) is 29.3 Å². The van der Waals surface area contributed by atoms with Crippen molar-refractivity contribution in [2.45, 2.75) is 37.8 Å². The summed E-state index contributed by atoms with van der Waals surface area (Å²) in [7, 11) is 1.98. The highest BCUT2D eigenvalue weighted by Gasteiger charge is 2.25. The standard InChI is InChI=1S/C15H20N2O2/c1-16-13-8-7-12-11(13)3-2-4-14(12)19-9-15(18)17-10-5-6-10/h2-4,10,13,16H,5-9H2,1H3,(H,17,18). The Kier molecular flexibility index (Phi) is 3.42. The topological polar surface area (TPSA) is 50.4 Å². The summed E-state index contributed by atoms with van der Waals surface area (Å²) in [4.78, 5) is 11.6. The Balaban J connectivity index is 1.64. The first-order valence-corrected chi connectivity index (χ1v) is 6.99. The molecule has 102 valence electrons. The first-order chi connectivity index (χ1) is 9.28. The molecule has 2 aliphatic carbocycles. The fourth-order valence-corrected chi connectivity index (χ4v) is 2.70. The van der Waals surface area contributed by atoms with Crippen LogP contribution in [0.3, 0.4) is 0 Å². The number of carbonyl (C=O) groups is 1. The zero-order valence-electron chi connectivity index (χ0n) is 11.2. The Morgan fingerprint density at radius 2 is 2.21 bits per heavy atom. The molecule has 1 fully saturated rings. The van der Waals surface area contributed by atoms with Gasteiger partial charge in [-0.3, -0.25) is 4.79 Å². The van der Waals surface area contributed by atoms with E-state index in [4.69, 9.17) is 4.74 Å². The zero-order valence-corrected chi connectivity index (χ0v) is 11.2. The van der Waals surface area contributed by atoms with Crippen molar-refractivity contribution in [2.75, 3.05) is 13.7 Å². The van der Waals surface area contributed by atoms with Crippen molar-refractivity contribution in [3.8, 4) is 5.75 Å². The molecule has 0 saturated heterocycles. The lowest BCUT2D eigenvalue weighted by Gasteiger charge is -2.13. The Bertz CT molecular complexity index is 483. The minimum Gasteiger partial charge on any atom is -0.483 e. The molecule has 2 N–H and O–H groups in total. The van der Waals surface area contributed by atoms with Gasteiger partial charge < -0.3 is 15.4 Å². The van der Waals surface area contributed by atoms with Gasteiger partial charge in [0.2, 0.25) is 0 Å². The van der Waals surface area contributed by atoms with Crippen LogP contribution in [0.5, 0.6) is 5.75 Å². The Labute approximate surface area is 113 Å². The molecule has 0 heterocycles. The third-order valence-corrected chi connectivity index (χ3v) is 3.88. The molecule has 4 heteroatoms. The van der Waals surface area contributed by atoms with Gasteiger partial charge in [-0.1, -0.05) is 12.1 Å².